The molecular weight excluding hydrogens is 414 g/mol. The molecule has 2 aliphatic heterocycles. The van der Waals surface area contributed by atoms with Crippen LogP contribution in [-0.2, 0) is 11.3 Å². The van der Waals surface area contributed by atoms with Gasteiger partial charge in [0.2, 0.25) is 5.91 Å². The van der Waals surface area contributed by atoms with Gasteiger partial charge in [-0.15, -0.1) is 11.3 Å². The SMILES string of the molecule is O=C(C1CCN(c2nc3ccccc3s2)CC1)N1CCCN(Cc2nccs2)CC1. The fourth-order valence-corrected chi connectivity index (χ4v) is 6.12. The lowest BCUT2D eigenvalue weighted by Gasteiger charge is -2.33. The van der Waals surface area contributed by atoms with E-state index in [1.807, 2.05) is 17.6 Å². The minimum Gasteiger partial charge on any atom is -0.348 e. The van der Waals surface area contributed by atoms with Gasteiger partial charge in [0.15, 0.2) is 5.13 Å². The highest BCUT2D eigenvalue weighted by molar-refractivity contribution is 7.22. The van der Waals surface area contributed by atoms with E-state index in [9.17, 15) is 4.79 Å². The molecule has 8 heteroatoms. The monoisotopic (exact) mass is 441 g/mol. The number of nitrogens with zero attached hydrogens (tertiary/aromatic N) is 5. The number of para-hydroxylation sites is 1. The van der Waals surface area contributed by atoms with E-state index in [2.05, 4.69) is 37.9 Å². The van der Waals surface area contributed by atoms with Gasteiger partial charge in [-0.3, -0.25) is 9.69 Å². The van der Waals surface area contributed by atoms with Crippen LogP contribution in [0.1, 0.15) is 24.3 Å². The lowest BCUT2D eigenvalue weighted by Crippen LogP contribution is -2.43. The smallest absolute Gasteiger partial charge is 0.225 e. The van der Waals surface area contributed by atoms with Crippen LogP contribution in [0.5, 0.6) is 0 Å². The third-order valence-electron chi connectivity index (χ3n) is 6.14. The van der Waals surface area contributed by atoms with Crippen molar-refractivity contribution >= 4 is 43.9 Å². The van der Waals surface area contributed by atoms with E-state index in [1.54, 1.807) is 22.7 Å². The van der Waals surface area contributed by atoms with Gasteiger partial charge in [-0.2, -0.15) is 0 Å². The van der Waals surface area contributed by atoms with E-state index in [-0.39, 0.29) is 5.92 Å². The summed E-state index contributed by atoms with van der Waals surface area (Å²) in [6.07, 6.45) is 4.76. The van der Waals surface area contributed by atoms with Crippen molar-refractivity contribution in [1.82, 2.24) is 19.8 Å². The van der Waals surface area contributed by atoms with Crippen molar-refractivity contribution in [2.75, 3.05) is 44.2 Å². The summed E-state index contributed by atoms with van der Waals surface area (Å²) in [7, 11) is 0. The van der Waals surface area contributed by atoms with E-state index in [4.69, 9.17) is 4.98 Å². The molecule has 3 aromatic rings. The molecule has 0 atom stereocenters. The average Bonchev–Trinajstić information content (AvgIpc) is 3.39. The predicted molar refractivity (Wildman–Crippen MR) is 123 cm³/mol. The Morgan fingerprint density at radius 2 is 1.93 bits per heavy atom. The molecule has 0 N–H and O–H groups in total. The van der Waals surface area contributed by atoms with Gasteiger partial charge in [0.25, 0.3) is 0 Å². The van der Waals surface area contributed by atoms with Crippen LogP contribution in [0, 0.1) is 5.92 Å². The number of carbonyl (C=O) groups is 1. The topological polar surface area (TPSA) is 52.6 Å². The average molecular weight is 442 g/mol. The van der Waals surface area contributed by atoms with Crippen LogP contribution in [0.25, 0.3) is 10.2 Å². The van der Waals surface area contributed by atoms with Crippen molar-refractivity contribution in [1.29, 1.82) is 0 Å². The molecule has 0 spiro atoms. The summed E-state index contributed by atoms with van der Waals surface area (Å²) >= 11 is 3.47. The summed E-state index contributed by atoms with van der Waals surface area (Å²) in [4.78, 5) is 29.3. The first-order chi connectivity index (χ1) is 14.8. The first-order valence-electron chi connectivity index (χ1n) is 10.8. The number of hydrogen-bond acceptors (Lipinski definition) is 7. The fraction of sp³-hybridized carbons (Fsp3) is 0.500. The summed E-state index contributed by atoms with van der Waals surface area (Å²) < 4.78 is 1.23. The maximum atomic E-state index is 13.2. The van der Waals surface area contributed by atoms with Crippen LogP contribution in [-0.4, -0.2) is 64.9 Å². The van der Waals surface area contributed by atoms with Gasteiger partial charge in [-0.25, -0.2) is 9.97 Å². The summed E-state index contributed by atoms with van der Waals surface area (Å²) in [5.74, 6) is 0.510. The van der Waals surface area contributed by atoms with Crippen molar-refractivity contribution in [3.05, 3.63) is 40.8 Å². The molecule has 4 heterocycles. The predicted octanol–water partition coefficient (Wildman–Crippen LogP) is 3.70. The Balaban J connectivity index is 1.14. The van der Waals surface area contributed by atoms with Crippen LogP contribution in [0.3, 0.4) is 0 Å². The number of thiazole rings is 2. The molecule has 0 unspecified atom stereocenters. The Kier molecular flexibility index (Phi) is 5.97. The van der Waals surface area contributed by atoms with Crippen LogP contribution in [0.15, 0.2) is 35.8 Å². The molecule has 0 radical (unpaired) electrons. The van der Waals surface area contributed by atoms with E-state index in [0.717, 1.165) is 80.7 Å². The Labute approximate surface area is 185 Å². The molecule has 30 heavy (non-hydrogen) atoms. The fourth-order valence-electron chi connectivity index (χ4n) is 4.44. The number of carbonyl (C=O) groups excluding carboxylic acids is 1. The number of benzene rings is 1. The lowest BCUT2D eigenvalue weighted by atomic mass is 9.95. The van der Waals surface area contributed by atoms with Gasteiger partial charge in [0.1, 0.15) is 5.01 Å². The van der Waals surface area contributed by atoms with Crippen LogP contribution >= 0.6 is 22.7 Å². The summed E-state index contributed by atoms with van der Waals surface area (Å²) in [5, 5.41) is 4.29. The van der Waals surface area contributed by atoms with Gasteiger partial charge in [-0.1, -0.05) is 23.5 Å². The second-order valence-corrected chi connectivity index (χ2v) is 10.1. The van der Waals surface area contributed by atoms with Gasteiger partial charge in [0, 0.05) is 56.8 Å². The Bertz CT molecular complexity index is 948. The molecule has 158 valence electrons. The quantitative estimate of drug-likeness (QED) is 0.618. The summed E-state index contributed by atoms with van der Waals surface area (Å²) in [6.45, 7) is 6.43. The number of rotatable bonds is 4. The van der Waals surface area contributed by atoms with Crippen LogP contribution in [0.4, 0.5) is 5.13 Å². The molecule has 1 aromatic carbocycles. The molecule has 2 aromatic heterocycles. The Morgan fingerprint density at radius 3 is 2.73 bits per heavy atom. The molecule has 2 fully saturated rings. The molecule has 5 rings (SSSR count). The first kappa shape index (κ1) is 19.9. The summed E-state index contributed by atoms with van der Waals surface area (Å²) in [5.41, 5.74) is 1.07. The van der Waals surface area contributed by atoms with E-state index >= 15 is 0 Å². The lowest BCUT2D eigenvalue weighted by molar-refractivity contribution is -0.136. The van der Waals surface area contributed by atoms with Gasteiger partial charge < -0.3 is 9.80 Å². The highest BCUT2D eigenvalue weighted by Gasteiger charge is 2.30. The zero-order valence-electron chi connectivity index (χ0n) is 17.1. The van der Waals surface area contributed by atoms with Gasteiger partial charge in [0.05, 0.1) is 16.8 Å². The second kappa shape index (κ2) is 8.99. The zero-order chi connectivity index (χ0) is 20.3. The molecule has 0 saturated carbocycles. The zero-order valence-corrected chi connectivity index (χ0v) is 18.7. The number of piperidine rings is 1. The highest BCUT2D eigenvalue weighted by atomic mass is 32.1. The molecule has 6 nitrogen and oxygen atoms in total. The van der Waals surface area contributed by atoms with Crippen molar-refractivity contribution in [3.8, 4) is 0 Å². The van der Waals surface area contributed by atoms with Crippen molar-refractivity contribution in [2.24, 2.45) is 5.92 Å². The second-order valence-electron chi connectivity index (χ2n) is 8.11. The standard InChI is InChI=1S/C22H27N5OS2/c28-21(26-10-3-9-25(13-14-26)16-20-23-8-15-29-20)17-6-11-27(12-7-17)22-24-18-4-1-2-5-19(18)30-22/h1-2,4-5,8,15,17H,3,6-7,9-14,16H2. The first-order valence-corrected chi connectivity index (χ1v) is 12.5. The highest BCUT2D eigenvalue weighted by Crippen LogP contribution is 2.31. The minimum atomic E-state index is 0.154. The van der Waals surface area contributed by atoms with E-state index in [0.29, 0.717) is 5.91 Å². The van der Waals surface area contributed by atoms with E-state index in [1.165, 1.54) is 4.70 Å². The largest absolute Gasteiger partial charge is 0.348 e. The number of hydrogen-bond donors (Lipinski definition) is 0. The number of fused-ring (bicyclic) bond motifs is 1. The summed E-state index contributed by atoms with van der Waals surface area (Å²) in [6, 6.07) is 8.30. The van der Waals surface area contributed by atoms with Crippen molar-refractivity contribution in [2.45, 2.75) is 25.8 Å². The molecular formula is C22H27N5OS2. The molecule has 1 amide bonds. The van der Waals surface area contributed by atoms with Gasteiger partial charge >= 0.3 is 0 Å². The Hall–Kier alpha value is -2.03. The van der Waals surface area contributed by atoms with Crippen molar-refractivity contribution < 1.29 is 4.79 Å². The Morgan fingerprint density at radius 1 is 1.07 bits per heavy atom. The molecule has 2 saturated heterocycles. The third-order valence-corrected chi connectivity index (χ3v) is 8.00. The molecule has 0 aliphatic carbocycles. The third kappa shape index (κ3) is 4.36. The molecule has 2 aliphatic rings. The van der Waals surface area contributed by atoms with Crippen LogP contribution < -0.4 is 4.90 Å². The number of anilines is 1. The normalized spacial score (nSPS) is 19.3. The van der Waals surface area contributed by atoms with Crippen LogP contribution in [0.2, 0.25) is 0 Å². The van der Waals surface area contributed by atoms with E-state index < -0.39 is 0 Å². The van der Waals surface area contributed by atoms with Gasteiger partial charge in [-0.05, 0) is 31.4 Å². The van der Waals surface area contributed by atoms with Crippen molar-refractivity contribution in [3.63, 3.8) is 0 Å². The maximum absolute atomic E-state index is 13.2. The minimum absolute atomic E-state index is 0.154. The number of aromatic nitrogens is 2. The molecule has 0 bridgehead atoms. The maximum Gasteiger partial charge on any atom is 0.225 e. The number of amides is 1.